The predicted molar refractivity (Wildman–Crippen MR) is 57.3 cm³/mol. The van der Waals surface area contributed by atoms with Crippen molar-refractivity contribution in [3.8, 4) is 5.75 Å². The molecule has 0 bridgehead atoms. The molecule has 1 rings (SSSR count). The lowest BCUT2D eigenvalue weighted by atomic mass is 10.1. The Balaban J connectivity index is 3.10. The number of carboxylic acid groups (broad SMARTS) is 1. The number of carbonyl (C=O) groups is 2. The molecule has 0 radical (unpaired) electrons. The van der Waals surface area contributed by atoms with Crippen molar-refractivity contribution in [2.45, 2.75) is 19.4 Å². The van der Waals surface area contributed by atoms with Gasteiger partial charge in [0.05, 0.1) is 0 Å². The van der Waals surface area contributed by atoms with E-state index in [1.807, 2.05) is 0 Å². The number of primary amides is 1. The van der Waals surface area contributed by atoms with Crippen molar-refractivity contribution < 1.29 is 23.8 Å². The van der Waals surface area contributed by atoms with E-state index in [0.29, 0.717) is 0 Å². The van der Waals surface area contributed by atoms with Gasteiger partial charge < -0.3 is 15.6 Å². The molecule has 5 nitrogen and oxygen atoms in total. The van der Waals surface area contributed by atoms with Crippen molar-refractivity contribution in [2.24, 2.45) is 5.73 Å². The first-order chi connectivity index (χ1) is 7.97. The number of hydrogen-bond acceptors (Lipinski definition) is 3. The average molecular weight is 241 g/mol. The summed E-state index contributed by atoms with van der Waals surface area (Å²) in [7, 11) is 0. The van der Waals surface area contributed by atoms with Gasteiger partial charge in [0.25, 0.3) is 5.91 Å². The molecule has 0 saturated carbocycles. The maximum absolute atomic E-state index is 13.3. The maximum atomic E-state index is 13.3. The summed E-state index contributed by atoms with van der Waals surface area (Å²) in [5.74, 6) is -3.19. The molecular formula is C11H12FNO4. The smallest absolute Gasteiger partial charge is 0.344 e. The standard InChI is InChI=1S/C11H12FNO4/c1-2-7(11(15)16)17-8-5-3-4-6(12)9(8)10(13)14/h3-5,7H,2H2,1H3,(H2,13,14)(H,15,16). The van der Waals surface area contributed by atoms with Crippen LogP contribution in [0.4, 0.5) is 4.39 Å². The molecular weight excluding hydrogens is 229 g/mol. The van der Waals surface area contributed by atoms with Gasteiger partial charge in [-0.1, -0.05) is 13.0 Å². The van der Waals surface area contributed by atoms with Gasteiger partial charge in [0, 0.05) is 0 Å². The number of carbonyl (C=O) groups excluding carboxylic acids is 1. The Hall–Kier alpha value is -2.11. The van der Waals surface area contributed by atoms with E-state index in [0.717, 1.165) is 6.07 Å². The zero-order valence-electron chi connectivity index (χ0n) is 9.14. The molecule has 0 fully saturated rings. The number of hydrogen-bond donors (Lipinski definition) is 2. The molecule has 92 valence electrons. The van der Waals surface area contributed by atoms with Gasteiger partial charge >= 0.3 is 5.97 Å². The fourth-order valence-corrected chi connectivity index (χ4v) is 1.30. The van der Waals surface area contributed by atoms with Gasteiger partial charge in [0.2, 0.25) is 0 Å². The highest BCUT2D eigenvalue weighted by Gasteiger charge is 2.21. The number of halogens is 1. The average Bonchev–Trinajstić information content (AvgIpc) is 2.24. The van der Waals surface area contributed by atoms with Crippen molar-refractivity contribution in [1.82, 2.24) is 0 Å². The van der Waals surface area contributed by atoms with E-state index in [9.17, 15) is 14.0 Å². The van der Waals surface area contributed by atoms with Crippen LogP contribution in [-0.4, -0.2) is 23.1 Å². The number of rotatable bonds is 5. The van der Waals surface area contributed by atoms with E-state index < -0.39 is 29.4 Å². The Morgan fingerprint density at radius 2 is 2.18 bits per heavy atom. The second-order valence-electron chi connectivity index (χ2n) is 3.33. The summed E-state index contributed by atoms with van der Waals surface area (Å²) in [6.07, 6.45) is -0.959. The maximum Gasteiger partial charge on any atom is 0.344 e. The van der Waals surface area contributed by atoms with E-state index in [4.69, 9.17) is 15.6 Å². The first-order valence-electron chi connectivity index (χ1n) is 4.95. The molecule has 0 aliphatic rings. The van der Waals surface area contributed by atoms with Crippen molar-refractivity contribution in [1.29, 1.82) is 0 Å². The van der Waals surface area contributed by atoms with Crippen LogP contribution in [0.3, 0.4) is 0 Å². The van der Waals surface area contributed by atoms with Crippen LogP contribution in [0.15, 0.2) is 18.2 Å². The number of benzene rings is 1. The van der Waals surface area contributed by atoms with Crippen LogP contribution in [0.2, 0.25) is 0 Å². The minimum absolute atomic E-state index is 0.160. The van der Waals surface area contributed by atoms with Crippen molar-refractivity contribution in [3.63, 3.8) is 0 Å². The number of amides is 1. The van der Waals surface area contributed by atoms with Gasteiger partial charge in [0.15, 0.2) is 6.10 Å². The Labute approximate surface area is 97.0 Å². The molecule has 0 aliphatic heterocycles. The van der Waals surface area contributed by atoms with E-state index in [1.54, 1.807) is 6.92 Å². The lowest BCUT2D eigenvalue weighted by molar-refractivity contribution is -0.145. The van der Waals surface area contributed by atoms with Gasteiger partial charge in [-0.15, -0.1) is 0 Å². The van der Waals surface area contributed by atoms with E-state index in [1.165, 1.54) is 12.1 Å². The summed E-state index contributed by atoms with van der Waals surface area (Å²) >= 11 is 0. The normalized spacial score (nSPS) is 11.9. The molecule has 6 heteroatoms. The van der Waals surface area contributed by atoms with E-state index >= 15 is 0 Å². The largest absolute Gasteiger partial charge is 0.479 e. The second kappa shape index (κ2) is 5.29. The summed E-state index contributed by atoms with van der Waals surface area (Å²) in [4.78, 5) is 21.8. The summed E-state index contributed by atoms with van der Waals surface area (Å²) in [5, 5.41) is 8.80. The van der Waals surface area contributed by atoms with Gasteiger partial charge in [-0.25, -0.2) is 9.18 Å². The third-order valence-electron chi connectivity index (χ3n) is 2.14. The predicted octanol–water partition coefficient (Wildman–Crippen LogP) is 1.17. The molecule has 1 aromatic carbocycles. The second-order valence-corrected chi connectivity index (χ2v) is 3.33. The molecule has 1 unspecified atom stereocenters. The van der Waals surface area contributed by atoms with Crippen molar-refractivity contribution in [2.75, 3.05) is 0 Å². The topological polar surface area (TPSA) is 89.6 Å². The lowest BCUT2D eigenvalue weighted by Gasteiger charge is -2.15. The monoisotopic (exact) mass is 241 g/mol. The summed E-state index contributed by atoms with van der Waals surface area (Å²) in [6.45, 7) is 1.60. The highest BCUT2D eigenvalue weighted by molar-refractivity contribution is 5.96. The van der Waals surface area contributed by atoms with Crippen molar-refractivity contribution in [3.05, 3.63) is 29.6 Å². The Morgan fingerprint density at radius 1 is 1.53 bits per heavy atom. The number of aliphatic carboxylic acids is 1. The van der Waals surface area contributed by atoms with Crippen molar-refractivity contribution >= 4 is 11.9 Å². The third kappa shape index (κ3) is 2.93. The van der Waals surface area contributed by atoms with Crippen LogP contribution in [0, 0.1) is 5.82 Å². The van der Waals surface area contributed by atoms with Crippen LogP contribution < -0.4 is 10.5 Å². The summed E-state index contributed by atoms with van der Waals surface area (Å²) < 4.78 is 18.4. The summed E-state index contributed by atoms with van der Waals surface area (Å²) in [6, 6.07) is 3.66. The molecule has 17 heavy (non-hydrogen) atoms. The number of carboxylic acids is 1. The molecule has 0 heterocycles. The molecule has 1 aromatic rings. The number of nitrogens with two attached hydrogens (primary N) is 1. The fraction of sp³-hybridized carbons (Fsp3) is 0.273. The minimum Gasteiger partial charge on any atom is -0.479 e. The summed E-state index contributed by atoms with van der Waals surface area (Å²) in [5.41, 5.74) is 4.56. The van der Waals surface area contributed by atoms with E-state index in [2.05, 4.69) is 0 Å². The first-order valence-corrected chi connectivity index (χ1v) is 4.95. The van der Waals surface area contributed by atoms with Crippen LogP contribution in [0.5, 0.6) is 5.75 Å². The van der Waals surface area contributed by atoms with Gasteiger partial charge in [-0.05, 0) is 18.6 Å². The van der Waals surface area contributed by atoms with Crippen LogP contribution >= 0.6 is 0 Å². The lowest BCUT2D eigenvalue weighted by Crippen LogP contribution is -2.27. The molecule has 0 saturated heterocycles. The highest BCUT2D eigenvalue weighted by atomic mass is 19.1. The highest BCUT2D eigenvalue weighted by Crippen LogP contribution is 2.22. The molecule has 3 N–H and O–H groups in total. The SMILES string of the molecule is CCC(Oc1cccc(F)c1C(N)=O)C(=O)O. The zero-order chi connectivity index (χ0) is 13.0. The number of ether oxygens (including phenoxy) is 1. The molecule has 0 aromatic heterocycles. The Kier molecular flexibility index (Phi) is 4.03. The Bertz CT molecular complexity index is 447. The van der Waals surface area contributed by atoms with E-state index in [-0.39, 0.29) is 12.2 Å². The van der Waals surface area contributed by atoms with Gasteiger partial charge in [-0.3, -0.25) is 4.79 Å². The molecule has 1 amide bonds. The van der Waals surface area contributed by atoms with Gasteiger partial charge in [0.1, 0.15) is 17.1 Å². The molecule has 0 spiro atoms. The quantitative estimate of drug-likeness (QED) is 0.809. The third-order valence-corrected chi connectivity index (χ3v) is 2.14. The first kappa shape index (κ1) is 13.0. The fourth-order valence-electron chi connectivity index (χ4n) is 1.30. The van der Waals surface area contributed by atoms with Crippen LogP contribution in [-0.2, 0) is 4.79 Å². The van der Waals surface area contributed by atoms with Crippen LogP contribution in [0.1, 0.15) is 23.7 Å². The molecule has 0 aliphatic carbocycles. The molecule has 1 atom stereocenters. The minimum atomic E-state index is -1.19. The van der Waals surface area contributed by atoms with Gasteiger partial charge in [-0.2, -0.15) is 0 Å². The van der Waals surface area contributed by atoms with Crippen LogP contribution in [0.25, 0.3) is 0 Å². The zero-order valence-corrected chi connectivity index (χ0v) is 9.14. The Morgan fingerprint density at radius 3 is 2.65 bits per heavy atom.